The molecule has 1 amide bonds. The Morgan fingerprint density at radius 1 is 1.05 bits per heavy atom. The molecule has 104 valence electrons. The molecule has 2 rings (SSSR count). The number of benzene rings is 2. The molecule has 0 aromatic heterocycles. The van der Waals surface area contributed by atoms with E-state index in [9.17, 15) is 9.18 Å². The van der Waals surface area contributed by atoms with Crippen molar-refractivity contribution in [3.8, 4) is 0 Å². The standard InChI is InChI=1S/C13H8Cl3FN2O/c14-8-2-1-6(3-11(8)18)13(20)19-12-9(15)4-7(17)5-10(12)16/h1-5H,18H2,(H,19,20). The van der Waals surface area contributed by atoms with Crippen molar-refractivity contribution in [2.45, 2.75) is 0 Å². The minimum Gasteiger partial charge on any atom is -0.398 e. The van der Waals surface area contributed by atoms with Crippen molar-refractivity contribution >= 4 is 52.1 Å². The van der Waals surface area contributed by atoms with E-state index >= 15 is 0 Å². The number of anilines is 2. The van der Waals surface area contributed by atoms with Gasteiger partial charge in [-0.05, 0) is 30.3 Å². The molecule has 0 aliphatic heterocycles. The van der Waals surface area contributed by atoms with Gasteiger partial charge in [0.05, 0.1) is 26.4 Å². The van der Waals surface area contributed by atoms with Gasteiger partial charge >= 0.3 is 0 Å². The summed E-state index contributed by atoms with van der Waals surface area (Å²) in [6.45, 7) is 0. The molecular formula is C13H8Cl3FN2O. The molecule has 20 heavy (non-hydrogen) atoms. The molecular weight excluding hydrogens is 326 g/mol. The topological polar surface area (TPSA) is 55.1 Å². The summed E-state index contributed by atoms with van der Waals surface area (Å²) in [6.07, 6.45) is 0. The Bertz CT molecular complexity index is 668. The van der Waals surface area contributed by atoms with Crippen LogP contribution in [0.1, 0.15) is 10.4 Å². The highest BCUT2D eigenvalue weighted by molar-refractivity contribution is 6.40. The van der Waals surface area contributed by atoms with Crippen molar-refractivity contribution in [3.05, 3.63) is 56.8 Å². The fourth-order valence-corrected chi connectivity index (χ4v) is 2.20. The molecule has 0 bridgehead atoms. The second-order valence-corrected chi connectivity index (χ2v) is 5.16. The van der Waals surface area contributed by atoms with Gasteiger partial charge in [-0.15, -0.1) is 0 Å². The zero-order valence-corrected chi connectivity index (χ0v) is 12.2. The molecule has 0 heterocycles. The minimum atomic E-state index is -0.589. The number of hydrogen-bond donors (Lipinski definition) is 2. The Labute approximate surface area is 129 Å². The van der Waals surface area contributed by atoms with Crippen molar-refractivity contribution in [2.24, 2.45) is 0 Å². The van der Waals surface area contributed by atoms with Crippen LogP contribution < -0.4 is 11.1 Å². The second-order valence-electron chi connectivity index (χ2n) is 3.93. The van der Waals surface area contributed by atoms with E-state index in [0.29, 0.717) is 5.02 Å². The highest BCUT2D eigenvalue weighted by Gasteiger charge is 2.14. The largest absolute Gasteiger partial charge is 0.398 e. The summed E-state index contributed by atoms with van der Waals surface area (Å²) in [5, 5.41) is 2.86. The van der Waals surface area contributed by atoms with Crippen LogP contribution in [-0.4, -0.2) is 5.91 Å². The van der Waals surface area contributed by atoms with Crippen molar-refractivity contribution in [1.82, 2.24) is 0 Å². The Morgan fingerprint density at radius 3 is 2.20 bits per heavy atom. The summed E-state index contributed by atoms with van der Waals surface area (Å²) in [4.78, 5) is 12.0. The Hall–Kier alpha value is -1.49. The summed E-state index contributed by atoms with van der Waals surface area (Å²) >= 11 is 17.4. The summed E-state index contributed by atoms with van der Waals surface area (Å²) in [7, 11) is 0. The number of hydrogen-bond acceptors (Lipinski definition) is 2. The number of nitrogen functional groups attached to an aromatic ring is 1. The third kappa shape index (κ3) is 3.15. The Balaban J connectivity index is 2.30. The lowest BCUT2D eigenvalue weighted by molar-refractivity contribution is 0.102. The average molecular weight is 334 g/mol. The molecule has 0 aliphatic rings. The van der Waals surface area contributed by atoms with Gasteiger partial charge in [-0.1, -0.05) is 34.8 Å². The molecule has 0 fully saturated rings. The molecule has 7 heteroatoms. The van der Waals surface area contributed by atoms with Crippen LogP contribution in [0.4, 0.5) is 15.8 Å². The molecule has 0 spiro atoms. The van der Waals surface area contributed by atoms with Gasteiger partial charge < -0.3 is 11.1 Å². The second kappa shape index (κ2) is 5.87. The van der Waals surface area contributed by atoms with Crippen LogP contribution in [0.3, 0.4) is 0 Å². The van der Waals surface area contributed by atoms with E-state index in [2.05, 4.69) is 5.32 Å². The highest BCUT2D eigenvalue weighted by Crippen LogP contribution is 2.32. The third-order valence-corrected chi connectivity index (χ3v) is 3.44. The molecule has 0 saturated carbocycles. The molecule has 3 N–H and O–H groups in total. The summed E-state index contributed by atoms with van der Waals surface area (Å²) < 4.78 is 13.1. The summed E-state index contributed by atoms with van der Waals surface area (Å²) in [5.74, 6) is -1.07. The van der Waals surface area contributed by atoms with Crippen molar-refractivity contribution < 1.29 is 9.18 Å². The predicted octanol–water partition coefficient (Wildman–Crippen LogP) is 4.62. The zero-order valence-electron chi connectivity index (χ0n) is 9.88. The van der Waals surface area contributed by atoms with Gasteiger partial charge in [0.2, 0.25) is 0 Å². The molecule has 0 unspecified atom stereocenters. The van der Waals surface area contributed by atoms with Gasteiger partial charge in [0, 0.05) is 5.56 Å². The van der Waals surface area contributed by atoms with Gasteiger partial charge in [0.25, 0.3) is 5.91 Å². The Morgan fingerprint density at radius 2 is 1.65 bits per heavy atom. The number of halogens is 4. The smallest absolute Gasteiger partial charge is 0.255 e. The number of amides is 1. The van der Waals surface area contributed by atoms with E-state index in [1.807, 2.05) is 0 Å². The van der Waals surface area contributed by atoms with Crippen LogP contribution in [0.2, 0.25) is 15.1 Å². The Kier molecular flexibility index (Phi) is 4.38. The number of nitrogens with one attached hydrogen (secondary N) is 1. The van der Waals surface area contributed by atoms with E-state index in [0.717, 1.165) is 12.1 Å². The first-order valence-electron chi connectivity index (χ1n) is 5.39. The van der Waals surface area contributed by atoms with E-state index in [1.54, 1.807) is 0 Å². The predicted molar refractivity (Wildman–Crippen MR) is 80.2 cm³/mol. The first-order valence-corrected chi connectivity index (χ1v) is 6.53. The molecule has 0 radical (unpaired) electrons. The molecule has 0 aliphatic carbocycles. The quantitative estimate of drug-likeness (QED) is 0.788. The van der Waals surface area contributed by atoms with Gasteiger partial charge in [-0.3, -0.25) is 4.79 Å². The maximum absolute atomic E-state index is 13.1. The number of nitrogens with two attached hydrogens (primary N) is 1. The molecule has 2 aromatic rings. The normalized spacial score (nSPS) is 10.4. The third-order valence-electron chi connectivity index (χ3n) is 2.50. The molecule has 0 saturated heterocycles. The number of carbonyl (C=O) groups excluding carboxylic acids is 1. The summed E-state index contributed by atoms with van der Waals surface area (Å²) in [6, 6.07) is 6.53. The number of rotatable bonds is 2. The van der Waals surface area contributed by atoms with Crippen molar-refractivity contribution in [2.75, 3.05) is 11.1 Å². The van der Waals surface area contributed by atoms with Crippen LogP contribution in [-0.2, 0) is 0 Å². The van der Waals surface area contributed by atoms with Crippen molar-refractivity contribution in [3.63, 3.8) is 0 Å². The molecule has 3 nitrogen and oxygen atoms in total. The average Bonchev–Trinajstić information content (AvgIpc) is 2.36. The minimum absolute atomic E-state index is 0.00489. The van der Waals surface area contributed by atoms with Gasteiger partial charge in [-0.2, -0.15) is 0 Å². The lowest BCUT2D eigenvalue weighted by Crippen LogP contribution is -2.13. The fraction of sp³-hybridized carbons (Fsp3) is 0. The maximum atomic E-state index is 13.1. The van der Waals surface area contributed by atoms with E-state index in [-0.39, 0.29) is 27.0 Å². The van der Waals surface area contributed by atoms with Crippen LogP contribution in [0.25, 0.3) is 0 Å². The summed E-state index contributed by atoms with van der Waals surface area (Å²) in [5.41, 5.74) is 6.31. The van der Waals surface area contributed by atoms with Crippen LogP contribution in [0.15, 0.2) is 30.3 Å². The lowest BCUT2D eigenvalue weighted by Gasteiger charge is -2.10. The SMILES string of the molecule is Nc1cc(C(=O)Nc2c(Cl)cc(F)cc2Cl)ccc1Cl. The van der Waals surface area contributed by atoms with Gasteiger partial charge in [-0.25, -0.2) is 4.39 Å². The van der Waals surface area contributed by atoms with E-state index in [1.165, 1.54) is 18.2 Å². The fourth-order valence-electron chi connectivity index (χ4n) is 1.53. The molecule has 0 atom stereocenters. The van der Waals surface area contributed by atoms with Crippen molar-refractivity contribution in [1.29, 1.82) is 0 Å². The highest BCUT2D eigenvalue weighted by atomic mass is 35.5. The maximum Gasteiger partial charge on any atom is 0.255 e. The number of carbonyl (C=O) groups is 1. The van der Waals surface area contributed by atoms with Crippen LogP contribution in [0.5, 0.6) is 0 Å². The lowest BCUT2D eigenvalue weighted by atomic mass is 10.2. The molecule has 2 aromatic carbocycles. The van der Waals surface area contributed by atoms with Gasteiger partial charge in [0.15, 0.2) is 0 Å². The monoisotopic (exact) mass is 332 g/mol. The van der Waals surface area contributed by atoms with Gasteiger partial charge in [0.1, 0.15) is 5.82 Å². The van der Waals surface area contributed by atoms with E-state index in [4.69, 9.17) is 40.5 Å². The van der Waals surface area contributed by atoms with Crippen LogP contribution in [0, 0.1) is 5.82 Å². The first kappa shape index (κ1) is 14.9. The zero-order chi connectivity index (χ0) is 14.9. The first-order chi connectivity index (χ1) is 9.38. The van der Waals surface area contributed by atoms with E-state index < -0.39 is 11.7 Å². The van der Waals surface area contributed by atoms with Crippen LogP contribution >= 0.6 is 34.8 Å².